The van der Waals surface area contributed by atoms with Crippen LogP contribution in [-0.4, -0.2) is 42.8 Å². The van der Waals surface area contributed by atoms with E-state index in [0.29, 0.717) is 11.3 Å². The monoisotopic (exact) mass is 617 g/mol. The van der Waals surface area contributed by atoms with Crippen LogP contribution in [0.5, 0.6) is 0 Å². The summed E-state index contributed by atoms with van der Waals surface area (Å²) in [6, 6.07) is 0. The van der Waals surface area contributed by atoms with Gasteiger partial charge in [-0.25, -0.2) is 0 Å². The molecule has 3 fully saturated rings. The number of carbonyl (C=O) groups excluding carboxylic acids is 2. The number of aliphatic hydroxyl groups is 1. The number of methoxy groups -OCH3 is 1. The van der Waals surface area contributed by atoms with E-state index in [2.05, 4.69) is 60.6 Å². The van der Waals surface area contributed by atoms with Crippen molar-refractivity contribution in [3.8, 4) is 0 Å². The van der Waals surface area contributed by atoms with Crippen LogP contribution in [0.1, 0.15) is 146 Å². The van der Waals surface area contributed by atoms with E-state index in [1.165, 1.54) is 56.9 Å². The van der Waals surface area contributed by atoms with Gasteiger partial charge in [-0.15, -0.1) is 0 Å². The van der Waals surface area contributed by atoms with E-state index in [1.807, 2.05) is 13.8 Å². The van der Waals surface area contributed by atoms with Gasteiger partial charge in [0.2, 0.25) is 0 Å². The van der Waals surface area contributed by atoms with Crippen molar-refractivity contribution in [2.45, 2.75) is 157 Å². The van der Waals surface area contributed by atoms with Gasteiger partial charge in [-0.05, 0) is 99.2 Å². The first-order chi connectivity index (χ1) is 20.6. The van der Waals surface area contributed by atoms with Gasteiger partial charge < -0.3 is 19.4 Å². The summed E-state index contributed by atoms with van der Waals surface area (Å²) < 4.78 is 10.6. The molecular weight excluding hydrogens is 548 g/mol. The Morgan fingerprint density at radius 2 is 1.70 bits per heavy atom. The van der Waals surface area contributed by atoms with Crippen LogP contribution in [0, 0.1) is 40.4 Å². The average molecular weight is 617 g/mol. The van der Waals surface area contributed by atoms with Crippen molar-refractivity contribution in [3.63, 3.8) is 0 Å². The number of unbranched alkanes of at least 4 members (excludes halogenated alkanes) is 1. The number of rotatable bonds is 11. The molecule has 0 aliphatic heterocycles. The zero-order chi connectivity index (χ0) is 33.1. The highest BCUT2D eigenvalue weighted by molar-refractivity contribution is 5.72. The molecule has 0 aromatic heterocycles. The molecule has 0 aromatic rings. The molecule has 1 N–H and O–H groups in total. The summed E-state index contributed by atoms with van der Waals surface area (Å²) in [5, 5.41) is 8.47. The molecular formula is C39H68O5. The molecule has 0 heterocycles. The van der Waals surface area contributed by atoms with Crippen molar-refractivity contribution in [1.82, 2.24) is 0 Å². The Bertz CT molecular complexity index is 953. The van der Waals surface area contributed by atoms with Gasteiger partial charge in [0.05, 0.1) is 18.6 Å². The van der Waals surface area contributed by atoms with Crippen LogP contribution < -0.4 is 0 Å². The zero-order valence-electron chi connectivity index (χ0n) is 30.2. The minimum Gasteiger partial charge on any atom is -0.462 e. The van der Waals surface area contributed by atoms with Crippen LogP contribution >= 0.6 is 0 Å². The molecule has 0 saturated heterocycles. The topological polar surface area (TPSA) is 72.8 Å². The molecule has 6 unspecified atom stereocenters. The van der Waals surface area contributed by atoms with Crippen molar-refractivity contribution in [2.24, 2.45) is 40.4 Å². The zero-order valence-corrected chi connectivity index (χ0v) is 30.2. The molecule has 44 heavy (non-hydrogen) atoms. The third-order valence-corrected chi connectivity index (χ3v) is 11.0. The highest BCUT2D eigenvalue weighted by Crippen LogP contribution is 2.65. The summed E-state index contributed by atoms with van der Waals surface area (Å²) >= 11 is 0. The highest BCUT2D eigenvalue weighted by atomic mass is 16.5. The summed E-state index contributed by atoms with van der Waals surface area (Å²) in [5.41, 5.74) is 3.60. The van der Waals surface area contributed by atoms with E-state index < -0.39 is 0 Å². The average Bonchev–Trinajstić information content (AvgIpc) is 3.30. The highest BCUT2D eigenvalue weighted by Gasteiger charge is 2.56. The van der Waals surface area contributed by atoms with E-state index in [1.54, 1.807) is 12.7 Å². The summed E-state index contributed by atoms with van der Waals surface area (Å²) in [6.45, 7) is 20.0. The first-order valence-corrected chi connectivity index (χ1v) is 17.8. The number of carbonyl (C=O) groups is 2. The minimum atomic E-state index is -0.361. The third-order valence-electron chi connectivity index (χ3n) is 11.0. The smallest absolute Gasteiger partial charge is 0.306 e. The van der Waals surface area contributed by atoms with Crippen molar-refractivity contribution >= 4 is 12.3 Å². The predicted molar refractivity (Wildman–Crippen MR) is 182 cm³/mol. The lowest BCUT2D eigenvalue weighted by Crippen LogP contribution is -2.46. The molecule has 5 heteroatoms. The second-order valence-corrected chi connectivity index (χ2v) is 16.3. The maximum atomic E-state index is 12.0. The fourth-order valence-corrected chi connectivity index (χ4v) is 8.08. The fraction of sp³-hybridized carbons (Fsp3) is 0.846. The molecule has 254 valence electrons. The van der Waals surface area contributed by atoms with Gasteiger partial charge in [-0.1, -0.05) is 91.0 Å². The molecule has 5 nitrogen and oxygen atoms in total. The second-order valence-electron chi connectivity index (χ2n) is 16.3. The van der Waals surface area contributed by atoms with Crippen LogP contribution in [-0.2, 0) is 19.1 Å². The SMILES string of the molecule is CC(C)C.CC(C)CCCCC1CCC2C3=CC=C4CC(OC(=O)CCC=O)CCC4(C)C3CCC12C.COC(C)(C)CO. The van der Waals surface area contributed by atoms with E-state index in [9.17, 15) is 9.59 Å². The number of esters is 1. The van der Waals surface area contributed by atoms with E-state index >= 15 is 0 Å². The first kappa shape index (κ1) is 38.7. The number of fused-ring (bicyclic) bond motifs is 5. The molecule has 0 aromatic carbocycles. The summed E-state index contributed by atoms with van der Waals surface area (Å²) in [5.74, 6) is 3.77. The van der Waals surface area contributed by atoms with Gasteiger partial charge in [0.15, 0.2) is 0 Å². The van der Waals surface area contributed by atoms with Crippen LogP contribution in [0.3, 0.4) is 0 Å². The Morgan fingerprint density at radius 1 is 1.02 bits per heavy atom. The van der Waals surface area contributed by atoms with Crippen LogP contribution in [0.15, 0.2) is 23.3 Å². The van der Waals surface area contributed by atoms with Crippen molar-refractivity contribution in [2.75, 3.05) is 13.7 Å². The van der Waals surface area contributed by atoms with Crippen LogP contribution in [0.4, 0.5) is 0 Å². The predicted octanol–water partition coefficient (Wildman–Crippen LogP) is 9.66. The Labute approximate surface area is 271 Å². The largest absolute Gasteiger partial charge is 0.462 e. The quantitative estimate of drug-likeness (QED) is 0.142. The van der Waals surface area contributed by atoms with Crippen molar-refractivity contribution in [3.05, 3.63) is 23.3 Å². The molecule has 3 saturated carbocycles. The van der Waals surface area contributed by atoms with Gasteiger partial charge in [-0.2, -0.15) is 0 Å². The van der Waals surface area contributed by atoms with Gasteiger partial charge in [0.25, 0.3) is 0 Å². The number of hydrogen-bond acceptors (Lipinski definition) is 5. The molecule has 4 rings (SSSR count). The van der Waals surface area contributed by atoms with E-state index in [0.717, 1.165) is 49.2 Å². The molecule has 4 aliphatic rings. The molecule has 6 atom stereocenters. The van der Waals surface area contributed by atoms with Crippen molar-refractivity contribution in [1.29, 1.82) is 0 Å². The normalized spacial score (nSPS) is 30.8. The number of hydrogen-bond donors (Lipinski definition) is 1. The molecule has 0 spiro atoms. The lowest BCUT2D eigenvalue weighted by molar-refractivity contribution is -0.151. The van der Waals surface area contributed by atoms with Crippen LogP contribution in [0.25, 0.3) is 0 Å². The molecule has 0 bridgehead atoms. The van der Waals surface area contributed by atoms with Crippen molar-refractivity contribution < 1.29 is 24.2 Å². The molecule has 0 amide bonds. The second kappa shape index (κ2) is 17.5. The van der Waals surface area contributed by atoms with Gasteiger partial charge >= 0.3 is 5.97 Å². The van der Waals surface area contributed by atoms with Gasteiger partial charge in [0.1, 0.15) is 12.4 Å². The lowest BCUT2D eigenvalue weighted by atomic mass is 9.50. The number of ether oxygens (including phenoxy) is 2. The Morgan fingerprint density at radius 3 is 2.27 bits per heavy atom. The van der Waals surface area contributed by atoms with E-state index in [-0.39, 0.29) is 42.5 Å². The Hall–Kier alpha value is -1.46. The lowest BCUT2D eigenvalue weighted by Gasteiger charge is -2.55. The fourth-order valence-electron chi connectivity index (χ4n) is 8.08. The van der Waals surface area contributed by atoms with Gasteiger partial charge in [0, 0.05) is 20.0 Å². The Kier molecular flexibility index (Phi) is 15.4. The maximum Gasteiger partial charge on any atom is 0.306 e. The standard InChI is InChI=1S/C30H46O3.C5H12O2.C4H10/c1-21(2)8-5-6-9-22-12-14-26-25-13-11-23-20-24(33-28(32)10-7-19-31)15-17-30(23,4)27(25)16-18-29(22,26)3;1-5(2,4-6)7-3;1-4(2)3/h11,13,19,21-22,24,26-27H,5-10,12,14-18,20H2,1-4H3;6H,4H2,1-3H3;4H,1-3H3. The summed E-state index contributed by atoms with van der Waals surface area (Å²) in [6.07, 6.45) is 20.1. The first-order valence-electron chi connectivity index (χ1n) is 17.8. The summed E-state index contributed by atoms with van der Waals surface area (Å²) in [7, 11) is 1.58. The maximum absolute atomic E-state index is 12.0. The number of aliphatic hydroxyl groups excluding tert-OH is 1. The number of aldehydes is 1. The van der Waals surface area contributed by atoms with Crippen LogP contribution in [0.2, 0.25) is 0 Å². The summed E-state index contributed by atoms with van der Waals surface area (Å²) in [4.78, 5) is 22.6. The molecule has 4 aliphatic carbocycles. The Balaban J connectivity index is 0.000000526. The molecule has 0 radical (unpaired) electrons. The minimum absolute atomic E-state index is 0.0195. The number of allylic oxidation sites excluding steroid dienone is 3. The van der Waals surface area contributed by atoms with Gasteiger partial charge in [-0.3, -0.25) is 4.79 Å². The third kappa shape index (κ3) is 10.5. The van der Waals surface area contributed by atoms with E-state index in [4.69, 9.17) is 14.6 Å².